The van der Waals surface area contributed by atoms with Crippen molar-refractivity contribution >= 4 is 18.3 Å². The van der Waals surface area contributed by atoms with Crippen molar-refractivity contribution in [3.63, 3.8) is 0 Å². The number of rotatable bonds is 4. The lowest BCUT2D eigenvalue weighted by Crippen LogP contribution is -2.41. The van der Waals surface area contributed by atoms with Crippen LogP contribution in [0.3, 0.4) is 0 Å². The third-order valence-electron chi connectivity index (χ3n) is 5.13. The maximum atomic E-state index is 12.4. The Hall–Kier alpha value is -0.280. The minimum absolute atomic E-state index is 0. The number of carbonyl (C=O) groups excluding carboxylic acids is 1. The van der Waals surface area contributed by atoms with Crippen LogP contribution in [0, 0.1) is 17.8 Å². The first-order chi connectivity index (χ1) is 9.20. The molecule has 2 rings (SSSR count). The molecule has 1 N–H and O–H groups in total. The number of nitrogens with zero attached hydrogens (tertiary/aromatic N) is 1. The van der Waals surface area contributed by atoms with Gasteiger partial charge in [0.2, 0.25) is 5.91 Å². The van der Waals surface area contributed by atoms with Gasteiger partial charge in [-0.1, -0.05) is 20.3 Å². The van der Waals surface area contributed by atoms with Crippen LogP contribution < -0.4 is 5.32 Å². The largest absolute Gasteiger partial charge is 0.342 e. The molecule has 0 aliphatic carbocycles. The smallest absolute Gasteiger partial charge is 0.222 e. The highest BCUT2D eigenvalue weighted by Crippen LogP contribution is 2.26. The van der Waals surface area contributed by atoms with Gasteiger partial charge in [-0.05, 0) is 56.5 Å². The zero-order valence-electron chi connectivity index (χ0n) is 13.1. The molecule has 118 valence electrons. The van der Waals surface area contributed by atoms with Gasteiger partial charge in [-0.25, -0.2) is 0 Å². The summed E-state index contributed by atoms with van der Waals surface area (Å²) in [6.07, 6.45) is 6.98. The molecule has 2 unspecified atom stereocenters. The Labute approximate surface area is 130 Å². The van der Waals surface area contributed by atoms with Gasteiger partial charge >= 0.3 is 0 Å². The fraction of sp³-hybridized carbons (Fsp3) is 0.938. The molecule has 2 saturated heterocycles. The van der Waals surface area contributed by atoms with Crippen LogP contribution in [0.5, 0.6) is 0 Å². The molecular formula is C16H31ClN2O. The molecule has 3 nitrogen and oxygen atoms in total. The normalized spacial score (nSPS) is 25.9. The van der Waals surface area contributed by atoms with Gasteiger partial charge < -0.3 is 10.2 Å². The fourth-order valence-electron chi connectivity index (χ4n) is 3.61. The monoisotopic (exact) mass is 302 g/mol. The summed E-state index contributed by atoms with van der Waals surface area (Å²) in [5.41, 5.74) is 0. The number of carbonyl (C=O) groups is 1. The highest BCUT2D eigenvalue weighted by Gasteiger charge is 2.26. The summed E-state index contributed by atoms with van der Waals surface area (Å²) in [6.45, 7) is 8.78. The number of piperidine rings is 2. The number of hydrogen-bond donors (Lipinski definition) is 1. The molecule has 0 aromatic carbocycles. The lowest BCUT2D eigenvalue weighted by atomic mass is 9.83. The van der Waals surface area contributed by atoms with Crippen molar-refractivity contribution in [2.75, 3.05) is 26.2 Å². The third kappa shape index (κ3) is 4.92. The molecule has 0 spiro atoms. The van der Waals surface area contributed by atoms with Crippen LogP contribution >= 0.6 is 12.4 Å². The molecule has 0 radical (unpaired) electrons. The van der Waals surface area contributed by atoms with E-state index in [2.05, 4.69) is 24.1 Å². The van der Waals surface area contributed by atoms with Crippen molar-refractivity contribution in [1.29, 1.82) is 0 Å². The topological polar surface area (TPSA) is 32.3 Å². The Kier molecular flexibility index (Phi) is 7.90. The van der Waals surface area contributed by atoms with E-state index in [1.54, 1.807) is 0 Å². The SMILES string of the molecule is CCC1CCCN(C(=O)CC(C)C2CCNCC2)C1.Cl. The van der Waals surface area contributed by atoms with Crippen molar-refractivity contribution in [2.24, 2.45) is 17.8 Å². The molecule has 4 heteroatoms. The standard InChI is InChI=1S/C16H30N2O.ClH/c1-3-14-5-4-10-18(12-14)16(19)11-13(2)15-6-8-17-9-7-15;/h13-15,17H,3-12H2,1-2H3;1H. The predicted octanol–water partition coefficient (Wildman–Crippen LogP) is 3.08. The number of hydrogen-bond acceptors (Lipinski definition) is 2. The van der Waals surface area contributed by atoms with Crippen LogP contribution in [0.4, 0.5) is 0 Å². The molecule has 0 aromatic rings. The maximum absolute atomic E-state index is 12.4. The molecule has 0 bridgehead atoms. The van der Waals surface area contributed by atoms with E-state index in [4.69, 9.17) is 0 Å². The van der Waals surface area contributed by atoms with Crippen LogP contribution in [0.25, 0.3) is 0 Å². The Bertz CT molecular complexity index is 292. The van der Waals surface area contributed by atoms with Gasteiger partial charge in [-0.2, -0.15) is 0 Å². The first-order valence-corrected chi connectivity index (χ1v) is 8.19. The van der Waals surface area contributed by atoms with E-state index in [1.807, 2.05) is 0 Å². The second kappa shape index (κ2) is 8.89. The molecule has 0 aromatic heterocycles. The number of amides is 1. The lowest BCUT2D eigenvalue weighted by molar-refractivity contribution is -0.134. The van der Waals surface area contributed by atoms with Gasteiger partial charge in [0.15, 0.2) is 0 Å². The van der Waals surface area contributed by atoms with Gasteiger partial charge in [-0.3, -0.25) is 4.79 Å². The summed E-state index contributed by atoms with van der Waals surface area (Å²) in [6, 6.07) is 0. The number of nitrogens with one attached hydrogen (secondary N) is 1. The summed E-state index contributed by atoms with van der Waals surface area (Å²) in [5, 5.41) is 3.40. The van der Waals surface area contributed by atoms with Gasteiger partial charge in [0.05, 0.1) is 0 Å². The van der Waals surface area contributed by atoms with Gasteiger partial charge in [0.25, 0.3) is 0 Å². The van der Waals surface area contributed by atoms with Crippen LogP contribution in [0.1, 0.15) is 52.4 Å². The molecule has 2 aliphatic rings. The molecular weight excluding hydrogens is 272 g/mol. The van der Waals surface area contributed by atoms with Gasteiger partial charge in [0, 0.05) is 19.5 Å². The maximum Gasteiger partial charge on any atom is 0.222 e. The van der Waals surface area contributed by atoms with Crippen molar-refractivity contribution in [1.82, 2.24) is 10.2 Å². The van der Waals surface area contributed by atoms with Gasteiger partial charge in [-0.15, -0.1) is 12.4 Å². The van der Waals surface area contributed by atoms with Crippen LogP contribution in [0.2, 0.25) is 0 Å². The minimum Gasteiger partial charge on any atom is -0.342 e. The van der Waals surface area contributed by atoms with E-state index >= 15 is 0 Å². The first-order valence-electron chi connectivity index (χ1n) is 8.19. The van der Waals surface area contributed by atoms with Crippen LogP contribution in [-0.2, 0) is 4.79 Å². The Morgan fingerprint density at radius 1 is 1.30 bits per heavy atom. The molecule has 2 fully saturated rings. The molecule has 1 amide bonds. The van der Waals surface area contributed by atoms with E-state index in [9.17, 15) is 4.79 Å². The first kappa shape index (κ1) is 17.8. The summed E-state index contributed by atoms with van der Waals surface area (Å²) < 4.78 is 0. The predicted molar refractivity (Wildman–Crippen MR) is 86.2 cm³/mol. The van der Waals surface area contributed by atoms with Crippen molar-refractivity contribution in [3.05, 3.63) is 0 Å². The lowest BCUT2D eigenvalue weighted by Gasteiger charge is -2.34. The average molecular weight is 303 g/mol. The number of halogens is 1. The third-order valence-corrected chi connectivity index (χ3v) is 5.13. The average Bonchev–Trinajstić information content (AvgIpc) is 2.48. The summed E-state index contributed by atoms with van der Waals surface area (Å²) in [4.78, 5) is 14.6. The van der Waals surface area contributed by atoms with Crippen LogP contribution in [0.15, 0.2) is 0 Å². The van der Waals surface area contributed by atoms with E-state index in [0.717, 1.165) is 44.4 Å². The summed E-state index contributed by atoms with van der Waals surface area (Å²) in [5.74, 6) is 2.45. The van der Waals surface area contributed by atoms with Crippen molar-refractivity contribution in [2.45, 2.75) is 52.4 Å². The highest BCUT2D eigenvalue weighted by atomic mass is 35.5. The highest BCUT2D eigenvalue weighted by molar-refractivity contribution is 5.85. The molecule has 0 saturated carbocycles. The summed E-state index contributed by atoms with van der Waals surface area (Å²) >= 11 is 0. The molecule has 20 heavy (non-hydrogen) atoms. The zero-order chi connectivity index (χ0) is 13.7. The minimum atomic E-state index is 0. The number of likely N-dealkylation sites (tertiary alicyclic amines) is 1. The second-order valence-corrected chi connectivity index (χ2v) is 6.53. The second-order valence-electron chi connectivity index (χ2n) is 6.53. The zero-order valence-corrected chi connectivity index (χ0v) is 13.9. The van der Waals surface area contributed by atoms with E-state index in [0.29, 0.717) is 11.8 Å². The van der Waals surface area contributed by atoms with E-state index in [-0.39, 0.29) is 12.4 Å². The van der Waals surface area contributed by atoms with E-state index in [1.165, 1.54) is 32.1 Å². The van der Waals surface area contributed by atoms with Crippen molar-refractivity contribution < 1.29 is 4.79 Å². The Morgan fingerprint density at radius 2 is 2.00 bits per heavy atom. The van der Waals surface area contributed by atoms with Gasteiger partial charge in [0.1, 0.15) is 0 Å². The van der Waals surface area contributed by atoms with Crippen molar-refractivity contribution in [3.8, 4) is 0 Å². The molecule has 2 atom stereocenters. The summed E-state index contributed by atoms with van der Waals surface area (Å²) in [7, 11) is 0. The Balaban J connectivity index is 0.00000200. The molecule has 2 aliphatic heterocycles. The quantitative estimate of drug-likeness (QED) is 0.865. The molecule has 2 heterocycles. The Morgan fingerprint density at radius 3 is 2.65 bits per heavy atom. The van der Waals surface area contributed by atoms with Crippen LogP contribution in [-0.4, -0.2) is 37.0 Å². The van der Waals surface area contributed by atoms with E-state index < -0.39 is 0 Å². The fourth-order valence-corrected chi connectivity index (χ4v) is 3.61.